The summed E-state index contributed by atoms with van der Waals surface area (Å²) in [7, 11) is 0. The monoisotopic (exact) mass is 207 g/mol. The van der Waals surface area contributed by atoms with Gasteiger partial charge < -0.3 is 15.9 Å². The van der Waals surface area contributed by atoms with E-state index in [-0.39, 0.29) is 11.3 Å². The van der Waals surface area contributed by atoms with Gasteiger partial charge in [-0.25, -0.2) is 4.79 Å². The van der Waals surface area contributed by atoms with Gasteiger partial charge in [0.05, 0.1) is 5.56 Å². The molecule has 4 N–H and O–H groups in total. The molecule has 0 atom stereocenters. The molecule has 0 bridgehead atoms. The number of rotatable bonds is 3. The Morgan fingerprint density at radius 1 is 1.33 bits per heavy atom. The minimum absolute atomic E-state index is 0.0393. The Kier molecular flexibility index (Phi) is 3.07. The van der Waals surface area contributed by atoms with Gasteiger partial charge in [0.15, 0.2) is 0 Å². The third kappa shape index (κ3) is 2.84. The van der Waals surface area contributed by atoms with Crippen LogP contribution in [0.5, 0.6) is 5.75 Å². The highest BCUT2D eigenvalue weighted by Crippen LogP contribution is 2.18. The van der Waals surface area contributed by atoms with Crippen molar-refractivity contribution in [2.75, 3.05) is 0 Å². The smallest absolute Gasteiger partial charge is 0.328 e. The maximum Gasteiger partial charge on any atom is 0.328 e. The number of amides is 1. The third-order valence-corrected chi connectivity index (χ3v) is 1.70. The summed E-state index contributed by atoms with van der Waals surface area (Å²) in [6.07, 6.45) is 2.23. The van der Waals surface area contributed by atoms with E-state index in [1.54, 1.807) is 0 Å². The van der Waals surface area contributed by atoms with Crippen molar-refractivity contribution >= 4 is 18.0 Å². The molecule has 0 saturated heterocycles. The van der Waals surface area contributed by atoms with Crippen molar-refractivity contribution in [3.05, 3.63) is 35.4 Å². The normalized spacial score (nSPS) is 10.4. The fourth-order valence-electron chi connectivity index (χ4n) is 1.02. The Morgan fingerprint density at radius 3 is 2.53 bits per heavy atom. The number of aliphatic carboxylic acids is 1. The number of carbonyl (C=O) groups is 2. The van der Waals surface area contributed by atoms with E-state index in [1.165, 1.54) is 24.3 Å². The van der Waals surface area contributed by atoms with Crippen LogP contribution in [0.4, 0.5) is 0 Å². The van der Waals surface area contributed by atoms with E-state index in [0.717, 1.165) is 6.08 Å². The van der Waals surface area contributed by atoms with Crippen LogP contribution in [-0.2, 0) is 4.79 Å². The molecular weight excluding hydrogens is 198 g/mol. The van der Waals surface area contributed by atoms with Crippen molar-refractivity contribution in [3.63, 3.8) is 0 Å². The van der Waals surface area contributed by atoms with Gasteiger partial charge in [-0.1, -0.05) is 6.07 Å². The Morgan fingerprint density at radius 2 is 2.00 bits per heavy atom. The van der Waals surface area contributed by atoms with Crippen LogP contribution in [0.1, 0.15) is 15.9 Å². The lowest BCUT2D eigenvalue weighted by Crippen LogP contribution is -2.11. The van der Waals surface area contributed by atoms with Crippen molar-refractivity contribution in [1.29, 1.82) is 0 Å². The highest BCUT2D eigenvalue weighted by atomic mass is 16.4. The van der Waals surface area contributed by atoms with E-state index in [2.05, 4.69) is 0 Å². The molecule has 0 fully saturated rings. The first kappa shape index (κ1) is 10.8. The molecule has 0 aliphatic carbocycles. The molecule has 0 heterocycles. The van der Waals surface area contributed by atoms with E-state index in [9.17, 15) is 14.7 Å². The fourth-order valence-corrected chi connectivity index (χ4v) is 1.02. The second kappa shape index (κ2) is 4.28. The number of carboxylic acids is 1. The summed E-state index contributed by atoms with van der Waals surface area (Å²) in [5.74, 6) is -2.09. The zero-order valence-electron chi connectivity index (χ0n) is 7.68. The molecule has 0 aliphatic rings. The lowest BCUT2D eigenvalue weighted by atomic mass is 10.1. The highest BCUT2D eigenvalue weighted by molar-refractivity contribution is 5.96. The minimum atomic E-state index is -1.09. The SMILES string of the molecule is NC(=O)c1cc(C=CC(=O)O)ccc1O. The topological polar surface area (TPSA) is 101 Å². The van der Waals surface area contributed by atoms with Gasteiger partial charge in [0, 0.05) is 6.08 Å². The second-order valence-corrected chi connectivity index (χ2v) is 2.81. The molecule has 1 aromatic carbocycles. The standard InChI is InChI=1S/C10H9NO4/c11-10(15)7-5-6(1-3-8(7)12)2-4-9(13)14/h1-5,12H,(H2,11,15)(H,13,14). The molecule has 15 heavy (non-hydrogen) atoms. The summed E-state index contributed by atoms with van der Waals surface area (Å²) in [6, 6.07) is 4.07. The largest absolute Gasteiger partial charge is 0.507 e. The van der Waals surface area contributed by atoms with Crippen molar-refractivity contribution in [1.82, 2.24) is 0 Å². The molecule has 1 amide bonds. The number of hydrogen-bond acceptors (Lipinski definition) is 3. The number of benzene rings is 1. The lowest BCUT2D eigenvalue weighted by molar-refractivity contribution is -0.131. The molecule has 0 saturated carbocycles. The molecule has 5 nitrogen and oxygen atoms in total. The summed E-state index contributed by atoms with van der Waals surface area (Å²) in [6.45, 7) is 0. The quantitative estimate of drug-likeness (QED) is 0.631. The molecule has 1 rings (SSSR count). The molecule has 5 heteroatoms. The zero-order chi connectivity index (χ0) is 11.4. The van der Waals surface area contributed by atoms with Crippen LogP contribution in [0, 0.1) is 0 Å². The van der Waals surface area contributed by atoms with Crippen molar-refractivity contribution < 1.29 is 19.8 Å². The molecule has 1 aromatic rings. The average molecular weight is 207 g/mol. The van der Waals surface area contributed by atoms with E-state index >= 15 is 0 Å². The maximum atomic E-state index is 10.8. The summed E-state index contributed by atoms with van der Waals surface area (Å²) in [4.78, 5) is 21.1. The summed E-state index contributed by atoms with van der Waals surface area (Å²) in [5.41, 5.74) is 5.44. The molecule has 0 aromatic heterocycles. The van der Waals surface area contributed by atoms with Gasteiger partial charge in [0.25, 0.3) is 5.91 Å². The second-order valence-electron chi connectivity index (χ2n) is 2.81. The predicted octanol–water partition coefficient (Wildman–Crippen LogP) is 0.589. The van der Waals surface area contributed by atoms with Crippen LogP contribution in [0.2, 0.25) is 0 Å². The van der Waals surface area contributed by atoms with Crippen molar-refractivity contribution in [2.24, 2.45) is 5.73 Å². The summed E-state index contributed by atoms with van der Waals surface area (Å²) < 4.78 is 0. The van der Waals surface area contributed by atoms with Gasteiger partial charge in [-0.15, -0.1) is 0 Å². The number of nitrogens with two attached hydrogens (primary N) is 1. The van der Waals surface area contributed by atoms with Crippen molar-refractivity contribution in [3.8, 4) is 5.75 Å². The van der Waals surface area contributed by atoms with E-state index in [4.69, 9.17) is 10.8 Å². The van der Waals surface area contributed by atoms with Crippen LogP contribution >= 0.6 is 0 Å². The van der Waals surface area contributed by atoms with Crippen LogP contribution in [0.3, 0.4) is 0 Å². The van der Waals surface area contributed by atoms with Gasteiger partial charge in [0.2, 0.25) is 0 Å². The number of aromatic hydroxyl groups is 1. The van der Waals surface area contributed by atoms with Gasteiger partial charge >= 0.3 is 5.97 Å². The zero-order valence-corrected chi connectivity index (χ0v) is 7.68. The first-order chi connectivity index (χ1) is 7.00. The number of carboxylic acid groups (broad SMARTS) is 1. The Balaban J connectivity index is 3.08. The molecule has 0 aliphatic heterocycles. The van der Waals surface area contributed by atoms with Gasteiger partial charge in [-0.05, 0) is 23.8 Å². The lowest BCUT2D eigenvalue weighted by Gasteiger charge is -2.00. The van der Waals surface area contributed by atoms with Crippen LogP contribution in [-0.4, -0.2) is 22.1 Å². The van der Waals surface area contributed by atoms with Crippen LogP contribution in [0.15, 0.2) is 24.3 Å². The van der Waals surface area contributed by atoms with E-state index in [0.29, 0.717) is 5.56 Å². The van der Waals surface area contributed by atoms with Crippen LogP contribution in [0.25, 0.3) is 6.08 Å². The Labute approximate surface area is 85.5 Å². The van der Waals surface area contributed by atoms with Crippen LogP contribution < -0.4 is 5.73 Å². The van der Waals surface area contributed by atoms with Gasteiger partial charge in [-0.3, -0.25) is 4.79 Å². The maximum absolute atomic E-state index is 10.8. The Bertz CT molecular complexity index is 437. The van der Waals surface area contributed by atoms with Crippen molar-refractivity contribution in [2.45, 2.75) is 0 Å². The van der Waals surface area contributed by atoms with E-state index in [1.807, 2.05) is 0 Å². The molecule has 0 radical (unpaired) electrons. The number of phenols is 1. The molecule has 0 unspecified atom stereocenters. The fraction of sp³-hybridized carbons (Fsp3) is 0. The van der Waals surface area contributed by atoms with Gasteiger partial charge in [-0.2, -0.15) is 0 Å². The minimum Gasteiger partial charge on any atom is -0.507 e. The average Bonchev–Trinajstić information content (AvgIpc) is 2.16. The molecule has 78 valence electrons. The molecular formula is C10H9NO4. The third-order valence-electron chi connectivity index (χ3n) is 1.70. The number of carbonyl (C=O) groups excluding carboxylic acids is 1. The first-order valence-electron chi connectivity index (χ1n) is 4.04. The van der Waals surface area contributed by atoms with E-state index < -0.39 is 11.9 Å². The number of hydrogen-bond donors (Lipinski definition) is 3. The first-order valence-corrected chi connectivity index (χ1v) is 4.04. The van der Waals surface area contributed by atoms with Gasteiger partial charge in [0.1, 0.15) is 5.75 Å². The highest BCUT2D eigenvalue weighted by Gasteiger charge is 2.06. The summed E-state index contributed by atoms with van der Waals surface area (Å²) >= 11 is 0. The Hall–Kier alpha value is -2.30. The number of primary amides is 1. The predicted molar refractivity (Wildman–Crippen MR) is 53.3 cm³/mol. The molecule has 0 spiro atoms. The summed E-state index contributed by atoms with van der Waals surface area (Å²) in [5, 5.41) is 17.6.